The molecule has 0 aliphatic carbocycles. The zero-order valence-corrected chi connectivity index (χ0v) is 19.1. The van der Waals surface area contributed by atoms with Gasteiger partial charge in [-0.05, 0) is 38.5 Å². The van der Waals surface area contributed by atoms with Crippen molar-refractivity contribution in [3.8, 4) is 0 Å². The molecule has 3 aromatic heterocycles. The van der Waals surface area contributed by atoms with Crippen molar-refractivity contribution in [3.63, 3.8) is 0 Å². The van der Waals surface area contributed by atoms with Gasteiger partial charge in [-0.15, -0.1) is 11.3 Å². The number of nitrogens with zero attached hydrogens (tertiary/aromatic N) is 3. The molecular weight excluding hydrogens is 420 g/mol. The fourth-order valence-electron chi connectivity index (χ4n) is 3.59. The molecule has 1 aliphatic heterocycles. The molecule has 0 saturated carbocycles. The zero-order chi connectivity index (χ0) is 21.1. The van der Waals surface area contributed by atoms with Crippen LogP contribution in [0.25, 0.3) is 10.2 Å². The Kier molecular flexibility index (Phi) is 6.72. The van der Waals surface area contributed by atoms with E-state index in [-0.39, 0.29) is 11.9 Å². The van der Waals surface area contributed by atoms with Crippen LogP contribution >= 0.6 is 23.1 Å². The highest BCUT2D eigenvalue weighted by atomic mass is 32.2. The number of fused-ring (bicyclic) bond motifs is 1. The highest BCUT2D eigenvalue weighted by Crippen LogP contribution is 2.34. The molecule has 1 saturated heterocycles. The van der Waals surface area contributed by atoms with Crippen LogP contribution < -0.4 is 5.32 Å². The van der Waals surface area contributed by atoms with Crippen molar-refractivity contribution in [3.05, 3.63) is 40.4 Å². The first kappa shape index (κ1) is 21.3. The number of hydrogen-bond acceptors (Lipinski definition) is 8. The molecule has 1 aliphatic rings. The Hall–Kier alpha value is -1.94. The average Bonchev–Trinajstić information content (AvgIpc) is 3.30. The summed E-state index contributed by atoms with van der Waals surface area (Å²) in [5, 5.41) is 5.01. The van der Waals surface area contributed by atoms with Gasteiger partial charge in [-0.2, -0.15) is 0 Å². The average molecular weight is 447 g/mol. The van der Waals surface area contributed by atoms with E-state index in [1.54, 1.807) is 17.7 Å². The summed E-state index contributed by atoms with van der Waals surface area (Å²) in [5.74, 6) is 2.05. The number of aryl methyl sites for hydroxylation is 3. The first-order valence-corrected chi connectivity index (χ1v) is 11.8. The van der Waals surface area contributed by atoms with Crippen LogP contribution in [0.4, 0.5) is 0 Å². The molecular formula is C21H26N4O3S2. The Balaban J connectivity index is 1.39. The van der Waals surface area contributed by atoms with Gasteiger partial charge >= 0.3 is 0 Å². The molecule has 0 bridgehead atoms. The number of amides is 1. The molecule has 1 amide bonds. The van der Waals surface area contributed by atoms with Crippen LogP contribution in [-0.4, -0.2) is 59.4 Å². The summed E-state index contributed by atoms with van der Waals surface area (Å²) in [5.41, 5.74) is 1.19. The first-order chi connectivity index (χ1) is 14.5. The molecule has 1 fully saturated rings. The molecule has 0 aromatic carbocycles. The van der Waals surface area contributed by atoms with E-state index < -0.39 is 0 Å². The Morgan fingerprint density at radius 3 is 2.80 bits per heavy atom. The number of thioether (sulfide) groups is 1. The lowest BCUT2D eigenvalue weighted by Crippen LogP contribution is -2.44. The molecule has 1 unspecified atom stereocenters. The monoisotopic (exact) mass is 446 g/mol. The van der Waals surface area contributed by atoms with Crippen molar-refractivity contribution in [2.45, 2.75) is 31.8 Å². The predicted molar refractivity (Wildman–Crippen MR) is 119 cm³/mol. The van der Waals surface area contributed by atoms with Crippen LogP contribution in [0.5, 0.6) is 0 Å². The fraction of sp³-hybridized carbons (Fsp3) is 0.476. The second-order valence-electron chi connectivity index (χ2n) is 7.35. The van der Waals surface area contributed by atoms with Gasteiger partial charge in [0.15, 0.2) is 0 Å². The second kappa shape index (κ2) is 9.47. The SMILES string of the molecule is Cc1ccc(C(CNC(=O)CSc2ncnc3sc(C)c(C)c23)N2CCOCC2)o1. The molecule has 0 spiro atoms. The topological polar surface area (TPSA) is 80.5 Å². The zero-order valence-electron chi connectivity index (χ0n) is 17.4. The number of carbonyl (C=O) groups is 1. The first-order valence-electron chi connectivity index (χ1n) is 10.0. The normalized spacial score (nSPS) is 16.1. The van der Waals surface area contributed by atoms with E-state index in [1.165, 1.54) is 22.2 Å². The van der Waals surface area contributed by atoms with Crippen LogP contribution in [0, 0.1) is 20.8 Å². The molecule has 9 heteroatoms. The third-order valence-electron chi connectivity index (χ3n) is 5.34. The van der Waals surface area contributed by atoms with Gasteiger partial charge in [0.05, 0.1) is 25.0 Å². The number of rotatable bonds is 7. The summed E-state index contributed by atoms with van der Waals surface area (Å²) in [4.78, 5) is 25.9. The number of morpholine rings is 1. The maximum Gasteiger partial charge on any atom is 0.230 e. The summed E-state index contributed by atoms with van der Waals surface area (Å²) in [6.07, 6.45) is 1.58. The minimum Gasteiger partial charge on any atom is -0.465 e. The molecule has 30 heavy (non-hydrogen) atoms. The highest BCUT2D eigenvalue weighted by molar-refractivity contribution is 8.00. The van der Waals surface area contributed by atoms with E-state index in [1.807, 2.05) is 19.1 Å². The standard InChI is InChI=1S/C21H26N4O3S2/c1-13-4-5-17(28-13)16(25-6-8-27-9-7-25)10-22-18(26)11-29-20-19-14(2)15(3)30-21(19)24-12-23-20/h4-5,12,16H,6-11H2,1-3H3,(H,22,26). The number of hydrogen-bond donors (Lipinski definition) is 1. The van der Waals surface area contributed by atoms with Crippen molar-refractivity contribution in [1.29, 1.82) is 0 Å². The maximum atomic E-state index is 12.6. The van der Waals surface area contributed by atoms with Crippen LogP contribution in [0.3, 0.4) is 0 Å². The molecule has 1 atom stereocenters. The van der Waals surface area contributed by atoms with Crippen LogP contribution in [0.2, 0.25) is 0 Å². The second-order valence-corrected chi connectivity index (χ2v) is 9.51. The maximum absolute atomic E-state index is 12.6. The molecule has 3 aromatic rings. The van der Waals surface area contributed by atoms with Gasteiger partial charge in [0.25, 0.3) is 0 Å². The predicted octanol–water partition coefficient (Wildman–Crippen LogP) is 3.49. The number of carbonyl (C=O) groups excluding carboxylic acids is 1. The molecule has 0 radical (unpaired) electrons. The van der Waals surface area contributed by atoms with Crippen molar-refractivity contribution in [2.75, 3.05) is 38.6 Å². The Morgan fingerprint density at radius 1 is 1.27 bits per heavy atom. The van der Waals surface area contributed by atoms with Crippen LogP contribution in [0.1, 0.15) is 28.0 Å². The third kappa shape index (κ3) is 4.69. The number of ether oxygens (including phenoxy) is 1. The molecule has 1 N–H and O–H groups in total. The van der Waals surface area contributed by atoms with Crippen molar-refractivity contribution in [2.24, 2.45) is 0 Å². The molecule has 160 valence electrons. The quantitative estimate of drug-likeness (QED) is 0.439. The van der Waals surface area contributed by atoms with Gasteiger partial charge in [-0.3, -0.25) is 9.69 Å². The van der Waals surface area contributed by atoms with Gasteiger partial charge in [0.2, 0.25) is 5.91 Å². The van der Waals surface area contributed by atoms with Gasteiger partial charge in [-0.25, -0.2) is 9.97 Å². The van der Waals surface area contributed by atoms with Crippen LogP contribution in [0.15, 0.2) is 27.9 Å². The fourth-order valence-corrected chi connectivity index (χ4v) is 5.53. The van der Waals surface area contributed by atoms with E-state index in [0.29, 0.717) is 25.5 Å². The minimum atomic E-state index is -0.0158. The minimum absolute atomic E-state index is 0.00377. The Morgan fingerprint density at radius 2 is 2.07 bits per heavy atom. The van der Waals surface area contributed by atoms with Crippen molar-refractivity contribution >= 4 is 39.2 Å². The van der Waals surface area contributed by atoms with Crippen LogP contribution in [-0.2, 0) is 9.53 Å². The highest BCUT2D eigenvalue weighted by Gasteiger charge is 2.25. The number of thiophene rings is 1. The smallest absolute Gasteiger partial charge is 0.230 e. The summed E-state index contributed by atoms with van der Waals surface area (Å²) >= 11 is 3.12. The van der Waals surface area contributed by atoms with Gasteiger partial charge in [-0.1, -0.05) is 11.8 Å². The number of furan rings is 1. The van der Waals surface area contributed by atoms with E-state index >= 15 is 0 Å². The molecule has 7 nitrogen and oxygen atoms in total. The number of nitrogens with one attached hydrogen (secondary N) is 1. The molecule has 4 rings (SSSR count). The third-order valence-corrected chi connectivity index (χ3v) is 7.44. The summed E-state index contributed by atoms with van der Waals surface area (Å²) < 4.78 is 11.3. The van der Waals surface area contributed by atoms with Crippen molar-refractivity contribution in [1.82, 2.24) is 20.2 Å². The largest absolute Gasteiger partial charge is 0.465 e. The van der Waals surface area contributed by atoms with E-state index in [0.717, 1.165) is 39.9 Å². The summed E-state index contributed by atoms with van der Waals surface area (Å²) in [6.45, 7) is 9.65. The van der Waals surface area contributed by atoms with E-state index in [4.69, 9.17) is 9.15 Å². The molecule has 4 heterocycles. The summed E-state index contributed by atoms with van der Waals surface area (Å²) in [7, 11) is 0. The lowest BCUT2D eigenvalue weighted by molar-refractivity contribution is -0.118. The lowest BCUT2D eigenvalue weighted by Gasteiger charge is -2.33. The Labute approximate surface area is 184 Å². The summed E-state index contributed by atoms with van der Waals surface area (Å²) in [6, 6.07) is 3.96. The van der Waals surface area contributed by atoms with Gasteiger partial charge in [0, 0.05) is 29.9 Å². The number of aromatic nitrogens is 2. The lowest BCUT2D eigenvalue weighted by atomic mass is 10.1. The van der Waals surface area contributed by atoms with E-state index in [9.17, 15) is 4.79 Å². The van der Waals surface area contributed by atoms with Gasteiger partial charge < -0.3 is 14.5 Å². The van der Waals surface area contributed by atoms with Gasteiger partial charge in [0.1, 0.15) is 27.7 Å². The van der Waals surface area contributed by atoms with E-state index in [2.05, 4.69) is 34.0 Å². The van der Waals surface area contributed by atoms with Crippen molar-refractivity contribution < 1.29 is 13.9 Å². The Bertz CT molecular complexity index is 1030.